The van der Waals surface area contributed by atoms with Gasteiger partial charge in [0.15, 0.2) is 6.04 Å². The Morgan fingerprint density at radius 1 is 0.962 bits per heavy atom. The lowest BCUT2D eigenvalue weighted by Gasteiger charge is -2.38. The van der Waals surface area contributed by atoms with E-state index >= 15 is 0 Å². The summed E-state index contributed by atoms with van der Waals surface area (Å²) in [6.07, 6.45) is -5.11. The van der Waals surface area contributed by atoms with Crippen molar-refractivity contribution in [2.45, 2.75) is 56.5 Å². The molecule has 2 unspecified atom stereocenters. The van der Waals surface area contributed by atoms with Crippen molar-refractivity contribution in [2.24, 2.45) is 0 Å². The summed E-state index contributed by atoms with van der Waals surface area (Å²) in [6.45, 7) is 4.71. The second kappa shape index (κ2) is 15.8. The van der Waals surface area contributed by atoms with E-state index in [1.807, 2.05) is 11.4 Å². The minimum atomic E-state index is -5.61. The number of amides is 1. The molecule has 5 aromatic rings. The first-order valence-corrected chi connectivity index (χ1v) is 17.6. The number of anilines is 1. The number of carbonyl (C=O) groups is 3. The molecule has 17 heteroatoms. The molecule has 0 aliphatic rings. The van der Waals surface area contributed by atoms with Crippen molar-refractivity contribution in [3.05, 3.63) is 102 Å². The maximum absolute atomic E-state index is 14.3. The number of rotatable bonds is 15. The number of pyridine rings is 1. The maximum atomic E-state index is 14.3. The first-order chi connectivity index (χ1) is 25.1. The quantitative estimate of drug-likeness (QED) is 0.0363. The van der Waals surface area contributed by atoms with Crippen molar-refractivity contribution < 1.29 is 45.4 Å². The third kappa shape index (κ3) is 8.99. The minimum absolute atomic E-state index is 0.0208. The summed E-state index contributed by atoms with van der Waals surface area (Å²) in [5.74, 6) is -4.06. The SMILES string of the molecule is Cc1cc(C)c(S(=O)(=O)NC(C(=O)Oc2ccc3[nH]nc(-c4ccccc4)c3c2)C(CCCNc2ccccn2)(NC=O)OC(=O)C(F)(F)F)c(C)c1. The van der Waals surface area contributed by atoms with Crippen LogP contribution in [0.1, 0.15) is 29.5 Å². The van der Waals surface area contributed by atoms with Crippen LogP contribution in [0.5, 0.6) is 5.75 Å². The van der Waals surface area contributed by atoms with Crippen molar-refractivity contribution in [3.63, 3.8) is 0 Å². The van der Waals surface area contributed by atoms with Gasteiger partial charge in [0.1, 0.15) is 17.3 Å². The average Bonchev–Trinajstić information content (AvgIpc) is 3.52. The molecule has 278 valence electrons. The number of nitrogens with one attached hydrogen (secondary N) is 4. The van der Waals surface area contributed by atoms with Gasteiger partial charge in [-0.3, -0.25) is 9.89 Å². The Labute approximate surface area is 302 Å². The number of aromatic amines is 1. The average molecular weight is 753 g/mol. The van der Waals surface area contributed by atoms with Gasteiger partial charge < -0.3 is 20.1 Å². The highest BCUT2D eigenvalue weighted by atomic mass is 32.2. The van der Waals surface area contributed by atoms with Crippen LogP contribution in [-0.2, 0) is 29.1 Å². The highest BCUT2D eigenvalue weighted by Crippen LogP contribution is 2.32. The normalized spacial score (nSPS) is 13.5. The number of ether oxygens (including phenoxy) is 2. The molecule has 53 heavy (non-hydrogen) atoms. The summed E-state index contributed by atoms with van der Waals surface area (Å²) in [6, 6.07) is 18.9. The summed E-state index contributed by atoms with van der Waals surface area (Å²) >= 11 is 0. The van der Waals surface area contributed by atoms with Crippen LogP contribution in [0.2, 0.25) is 0 Å². The molecule has 1 amide bonds. The van der Waals surface area contributed by atoms with Crippen LogP contribution in [0.15, 0.2) is 90.0 Å². The third-order valence-corrected chi connectivity index (χ3v) is 9.88. The lowest BCUT2D eigenvalue weighted by Crippen LogP contribution is -2.67. The molecule has 0 saturated heterocycles. The van der Waals surface area contributed by atoms with Crippen molar-refractivity contribution >= 4 is 45.1 Å². The topological polar surface area (TPSA) is 181 Å². The van der Waals surface area contributed by atoms with Crippen LogP contribution in [0.4, 0.5) is 19.0 Å². The van der Waals surface area contributed by atoms with Gasteiger partial charge in [-0.2, -0.15) is 23.0 Å². The van der Waals surface area contributed by atoms with Gasteiger partial charge in [-0.15, -0.1) is 0 Å². The van der Waals surface area contributed by atoms with Crippen LogP contribution >= 0.6 is 0 Å². The molecule has 2 aromatic heterocycles. The van der Waals surface area contributed by atoms with Crippen LogP contribution in [-0.4, -0.2) is 66.4 Å². The highest BCUT2D eigenvalue weighted by Gasteiger charge is 2.54. The zero-order chi connectivity index (χ0) is 38.4. The van der Waals surface area contributed by atoms with Gasteiger partial charge in [0.25, 0.3) is 0 Å². The van der Waals surface area contributed by atoms with Crippen LogP contribution in [0, 0.1) is 20.8 Å². The molecule has 0 bridgehead atoms. The minimum Gasteiger partial charge on any atom is -0.430 e. The van der Waals surface area contributed by atoms with E-state index in [1.165, 1.54) is 38.2 Å². The number of carbonyl (C=O) groups excluding carboxylic acids is 3. The number of esters is 2. The van der Waals surface area contributed by atoms with E-state index in [9.17, 15) is 36.0 Å². The maximum Gasteiger partial charge on any atom is 0.491 e. The molecule has 13 nitrogen and oxygen atoms in total. The fourth-order valence-corrected chi connectivity index (χ4v) is 7.66. The number of aryl methyl sites for hydroxylation is 3. The van der Waals surface area contributed by atoms with E-state index in [-0.39, 0.29) is 41.1 Å². The predicted molar refractivity (Wildman–Crippen MR) is 188 cm³/mol. The van der Waals surface area contributed by atoms with Crippen LogP contribution in [0.25, 0.3) is 22.2 Å². The highest BCUT2D eigenvalue weighted by molar-refractivity contribution is 7.89. The molecule has 0 spiro atoms. The number of fused-ring (bicyclic) bond motifs is 1. The van der Waals surface area contributed by atoms with Crippen molar-refractivity contribution in [1.82, 2.24) is 25.2 Å². The second-order valence-electron chi connectivity index (χ2n) is 12.1. The fraction of sp³-hybridized carbons (Fsp3) is 0.250. The van der Waals surface area contributed by atoms with Gasteiger partial charge >= 0.3 is 18.1 Å². The van der Waals surface area contributed by atoms with Gasteiger partial charge in [-0.05, 0) is 68.7 Å². The molecule has 0 fully saturated rings. The van der Waals surface area contributed by atoms with Gasteiger partial charge in [-0.25, -0.2) is 23.0 Å². The number of nitrogens with zero attached hydrogens (tertiary/aromatic N) is 2. The molecule has 0 aliphatic heterocycles. The Bertz CT molecular complexity index is 2190. The van der Waals surface area contributed by atoms with E-state index in [0.717, 1.165) is 5.56 Å². The fourth-order valence-electron chi connectivity index (χ4n) is 5.98. The molecule has 0 radical (unpaired) electrons. The van der Waals surface area contributed by atoms with E-state index in [2.05, 4.69) is 25.2 Å². The summed E-state index contributed by atoms with van der Waals surface area (Å²) in [5.41, 5.74) is -0.00451. The van der Waals surface area contributed by atoms with E-state index in [0.29, 0.717) is 28.0 Å². The molecular formula is C36H35F3N6O7S. The Hall–Kier alpha value is -5.81. The van der Waals surface area contributed by atoms with Crippen molar-refractivity contribution in [3.8, 4) is 17.0 Å². The number of benzene rings is 3. The zero-order valence-corrected chi connectivity index (χ0v) is 29.5. The number of halogens is 3. The second-order valence-corrected chi connectivity index (χ2v) is 13.8. The molecule has 2 heterocycles. The number of H-pyrrole nitrogens is 1. The summed E-state index contributed by atoms with van der Waals surface area (Å²) < 4.78 is 82.3. The Morgan fingerprint density at radius 2 is 1.66 bits per heavy atom. The Balaban J connectivity index is 1.60. The Kier molecular flexibility index (Phi) is 11.5. The molecule has 0 aliphatic carbocycles. The zero-order valence-electron chi connectivity index (χ0n) is 28.7. The lowest BCUT2D eigenvalue weighted by atomic mass is 9.98. The number of hydrogen-bond acceptors (Lipinski definition) is 10. The Morgan fingerprint density at radius 3 is 2.30 bits per heavy atom. The number of alkyl halides is 3. The number of hydrogen-bond donors (Lipinski definition) is 4. The third-order valence-electron chi connectivity index (χ3n) is 8.15. The molecular weight excluding hydrogens is 717 g/mol. The molecule has 5 rings (SSSR count). The predicted octanol–water partition coefficient (Wildman–Crippen LogP) is 5.24. The largest absolute Gasteiger partial charge is 0.491 e. The van der Waals surface area contributed by atoms with Gasteiger partial charge in [-0.1, -0.05) is 54.1 Å². The van der Waals surface area contributed by atoms with Crippen molar-refractivity contribution in [1.29, 1.82) is 0 Å². The van der Waals surface area contributed by atoms with E-state index < -0.39 is 46.3 Å². The summed E-state index contributed by atoms with van der Waals surface area (Å²) in [4.78, 5) is 42.7. The number of sulfonamides is 1. The van der Waals surface area contributed by atoms with E-state index in [1.54, 1.807) is 61.5 Å². The standard InChI is InChI=1S/C36H35F3N6O7S/c1-22-18-23(2)31(24(3)19-22)53(49,50)45-32(33(47)51-26-13-14-28-27(20-26)30(44-43-28)25-10-5-4-6-11-25)35(42-21-46,52-34(48)36(37,38)39)15-9-17-41-29-12-7-8-16-40-29/h4-8,10-14,16,18-21,32,45H,9,15,17H2,1-3H3,(H,40,41)(H,42,46)(H,43,44). The summed E-state index contributed by atoms with van der Waals surface area (Å²) in [5, 5.41) is 12.6. The lowest BCUT2D eigenvalue weighted by molar-refractivity contribution is -0.220. The first kappa shape index (κ1) is 38.4. The van der Waals surface area contributed by atoms with Gasteiger partial charge in [0.2, 0.25) is 22.2 Å². The molecule has 0 saturated carbocycles. The van der Waals surface area contributed by atoms with Gasteiger partial charge in [0.05, 0.1) is 10.4 Å². The smallest absolute Gasteiger partial charge is 0.430 e. The van der Waals surface area contributed by atoms with E-state index in [4.69, 9.17) is 9.47 Å². The molecule has 2 atom stereocenters. The number of aromatic nitrogens is 3. The summed E-state index contributed by atoms with van der Waals surface area (Å²) in [7, 11) is -4.81. The van der Waals surface area contributed by atoms with Crippen LogP contribution < -0.4 is 20.1 Å². The monoisotopic (exact) mass is 752 g/mol. The van der Waals surface area contributed by atoms with Crippen molar-refractivity contribution in [2.75, 3.05) is 11.9 Å². The molecule has 4 N–H and O–H groups in total. The van der Waals surface area contributed by atoms with Crippen LogP contribution in [0.3, 0.4) is 0 Å². The molecule has 3 aromatic carbocycles. The van der Waals surface area contributed by atoms with Gasteiger partial charge in [0, 0.05) is 30.1 Å². The first-order valence-electron chi connectivity index (χ1n) is 16.2.